The fourth-order valence-electron chi connectivity index (χ4n) is 4.39. The molecule has 4 N–H and O–H groups in total. The van der Waals surface area contributed by atoms with Gasteiger partial charge in [0.15, 0.2) is 5.82 Å². The number of rotatable bonds is 8. The molecule has 2 heterocycles. The molecule has 1 aliphatic carbocycles. The Kier molecular flexibility index (Phi) is 7.35. The minimum Gasteiger partial charge on any atom is -0.475 e. The fraction of sp³-hybridized carbons (Fsp3) is 0.385. The zero-order valence-electron chi connectivity index (χ0n) is 20.9. The summed E-state index contributed by atoms with van der Waals surface area (Å²) in [5, 5.41) is 17.7. The topological polar surface area (TPSA) is 121 Å². The van der Waals surface area contributed by atoms with Gasteiger partial charge in [0, 0.05) is 36.5 Å². The van der Waals surface area contributed by atoms with E-state index < -0.39 is 11.8 Å². The quantitative estimate of drug-likeness (QED) is 0.367. The Hall–Kier alpha value is -3.79. The van der Waals surface area contributed by atoms with Crippen molar-refractivity contribution < 1.29 is 19.0 Å². The number of aliphatic hydroxyl groups excluding tert-OH is 1. The largest absolute Gasteiger partial charge is 0.475 e. The van der Waals surface area contributed by atoms with Gasteiger partial charge in [0.25, 0.3) is 0 Å². The first-order valence-corrected chi connectivity index (χ1v) is 11.8. The number of carbonyl (C=O) groups is 1. The third kappa shape index (κ3) is 5.88. The molecular weight excluding hydrogens is 463 g/mol. The zero-order chi connectivity index (χ0) is 25.9. The Labute approximate surface area is 209 Å². The minimum atomic E-state index is -0.542. The van der Waals surface area contributed by atoms with E-state index >= 15 is 0 Å². The Morgan fingerprint density at radius 1 is 1.22 bits per heavy atom. The van der Waals surface area contributed by atoms with E-state index in [1.807, 2.05) is 0 Å². The highest BCUT2D eigenvalue weighted by Gasteiger charge is 2.36. The number of nitrogens with one attached hydrogen (secondary N) is 3. The molecular formula is C26H31FN6O3. The van der Waals surface area contributed by atoms with Crippen LogP contribution in [-0.2, 0) is 0 Å². The molecule has 0 aliphatic heterocycles. The van der Waals surface area contributed by atoms with Gasteiger partial charge in [-0.2, -0.15) is 4.98 Å². The van der Waals surface area contributed by atoms with Crippen LogP contribution in [0.25, 0.3) is 22.6 Å². The molecule has 10 heteroatoms. The summed E-state index contributed by atoms with van der Waals surface area (Å²) in [7, 11) is 1.76. The van der Waals surface area contributed by atoms with Crippen LogP contribution < -0.4 is 20.7 Å². The van der Waals surface area contributed by atoms with E-state index in [1.165, 1.54) is 6.07 Å². The average molecular weight is 495 g/mol. The normalized spacial score (nSPS) is 14.6. The SMILES string of the molecule is CNc1cc(-c2nc(OCCO)cc(-c3cc(NC(=O)NC4CC(C)(C)C4)c(F)cc3C)n2)ccn1. The molecule has 0 unspecified atom stereocenters. The summed E-state index contributed by atoms with van der Waals surface area (Å²) in [5.74, 6) is 0.738. The van der Waals surface area contributed by atoms with Gasteiger partial charge in [0.1, 0.15) is 18.2 Å². The second kappa shape index (κ2) is 10.4. The number of aryl methyl sites for hydroxylation is 1. The lowest BCUT2D eigenvalue weighted by Crippen LogP contribution is -2.49. The van der Waals surface area contributed by atoms with Crippen molar-refractivity contribution in [2.45, 2.75) is 39.7 Å². The molecule has 9 nitrogen and oxygen atoms in total. The summed E-state index contributed by atoms with van der Waals surface area (Å²) >= 11 is 0. The maximum Gasteiger partial charge on any atom is 0.319 e. The van der Waals surface area contributed by atoms with Crippen LogP contribution in [0.5, 0.6) is 5.88 Å². The number of pyridine rings is 1. The molecule has 2 amide bonds. The number of anilines is 2. The summed E-state index contributed by atoms with van der Waals surface area (Å²) in [6.45, 7) is 5.94. The third-order valence-corrected chi connectivity index (χ3v) is 6.09. The van der Waals surface area contributed by atoms with Crippen molar-refractivity contribution in [2.75, 3.05) is 30.9 Å². The highest BCUT2D eigenvalue weighted by molar-refractivity contribution is 5.90. The van der Waals surface area contributed by atoms with Gasteiger partial charge in [-0.3, -0.25) is 0 Å². The van der Waals surface area contributed by atoms with Gasteiger partial charge in [-0.05, 0) is 55.0 Å². The number of aliphatic hydroxyl groups is 1. The molecule has 1 fully saturated rings. The Bertz CT molecular complexity index is 1260. The number of nitrogens with zero attached hydrogens (tertiary/aromatic N) is 3. The molecule has 0 radical (unpaired) electrons. The predicted octanol–water partition coefficient (Wildman–Crippen LogP) is 4.38. The molecule has 4 rings (SSSR count). The molecule has 1 aliphatic rings. The van der Waals surface area contributed by atoms with E-state index in [4.69, 9.17) is 9.72 Å². The minimum absolute atomic E-state index is 0.0473. The number of urea groups is 1. The van der Waals surface area contributed by atoms with Crippen molar-refractivity contribution in [3.8, 4) is 28.5 Å². The van der Waals surface area contributed by atoms with E-state index in [0.717, 1.165) is 12.8 Å². The molecule has 1 saturated carbocycles. The molecule has 0 bridgehead atoms. The molecule has 1 aromatic carbocycles. The molecule has 36 heavy (non-hydrogen) atoms. The lowest BCUT2D eigenvalue weighted by Gasteiger charge is -2.42. The zero-order valence-corrected chi connectivity index (χ0v) is 20.9. The van der Waals surface area contributed by atoms with E-state index in [-0.39, 0.29) is 36.2 Å². The Morgan fingerprint density at radius 3 is 2.69 bits per heavy atom. The fourth-order valence-corrected chi connectivity index (χ4v) is 4.39. The average Bonchev–Trinajstić information content (AvgIpc) is 2.83. The smallest absolute Gasteiger partial charge is 0.319 e. The standard InChI is InChI=1S/C26H31FN6O3/c1-15-9-19(27)21(32-25(35)30-17-13-26(2,3)14-17)11-18(15)20-12-23(36-8-7-34)33-24(31-20)16-5-6-29-22(10-16)28-4/h5-6,9-12,17,34H,7-8,13-14H2,1-4H3,(H,28,29)(H2,30,32,35). The van der Waals surface area contributed by atoms with E-state index in [1.54, 1.807) is 44.4 Å². The van der Waals surface area contributed by atoms with Crippen molar-refractivity contribution >= 4 is 17.5 Å². The van der Waals surface area contributed by atoms with Crippen LogP contribution in [-0.4, -0.2) is 52.4 Å². The summed E-state index contributed by atoms with van der Waals surface area (Å²) in [5.41, 5.74) is 2.68. The number of halogens is 1. The van der Waals surface area contributed by atoms with Crippen LogP contribution in [0, 0.1) is 18.2 Å². The molecule has 0 saturated heterocycles. The first-order chi connectivity index (χ1) is 17.2. The van der Waals surface area contributed by atoms with Crippen LogP contribution in [0.1, 0.15) is 32.3 Å². The lowest BCUT2D eigenvalue weighted by atomic mass is 9.68. The number of carbonyl (C=O) groups excluding carboxylic acids is 1. The van der Waals surface area contributed by atoms with Gasteiger partial charge in [-0.1, -0.05) is 13.8 Å². The van der Waals surface area contributed by atoms with Crippen LogP contribution in [0.3, 0.4) is 0 Å². The van der Waals surface area contributed by atoms with Crippen LogP contribution in [0.2, 0.25) is 0 Å². The van der Waals surface area contributed by atoms with Gasteiger partial charge in [-0.15, -0.1) is 0 Å². The molecule has 2 aromatic heterocycles. The lowest BCUT2D eigenvalue weighted by molar-refractivity contribution is 0.132. The highest BCUT2D eigenvalue weighted by atomic mass is 19.1. The second-order valence-electron chi connectivity index (χ2n) is 9.68. The van der Waals surface area contributed by atoms with Crippen LogP contribution in [0.15, 0.2) is 36.5 Å². The number of benzene rings is 1. The van der Waals surface area contributed by atoms with E-state index in [0.29, 0.717) is 34.0 Å². The van der Waals surface area contributed by atoms with Crippen molar-refractivity contribution in [1.29, 1.82) is 0 Å². The molecule has 3 aromatic rings. The van der Waals surface area contributed by atoms with Crippen LogP contribution >= 0.6 is 0 Å². The Morgan fingerprint density at radius 2 is 2.00 bits per heavy atom. The van der Waals surface area contributed by atoms with E-state index in [2.05, 4.69) is 39.8 Å². The summed E-state index contributed by atoms with van der Waals surface area (Å²) in [6, 6.07) is 7.74. The number of ether oxygens (including phenoxy) is 1. The molecule has 0 spiro atoms. The number of aromatic nitrogens is 3. The van der Waals surface area contributed by atoms with Gasteiger partial charge in [0.05, 0.1) is 18.0 Å². The summed E-state index contributed by atoms with van der Waals surface area (Å²) in [4.78, 5) is 25.9. The van der Waals surface area contributed by atoms with Crippen molar-refractivity contribution in [3.63, 3.8) is 0 Å². The Balaban J connectivity index is 1.67. The third-order valence-electron chi connectivity index (χ3n) is 6.09. The predicted molar refractivity (Wildman–Crippen MR) is 136 cm³/mol. The second-order valence-corrected chi connectivity index (χ2v) is 9.68. The number of hydrogen-bond acceptors (Lipinski definition) is 7. The maximum atomic E-state index is 14.8. The van der Waals surface area contributed by atoms with Gasteiger partial charge in [-0.25, -0.2) is 19.2 Å². The van der Waals surface area contributed by atoms with Gasteiger partial charge in [0.2, 0.25) is 5.88 Å². The van der Waals surface area contributed by atoms with Crippen molar-refractivity contribution in [2.24, 2.45) is 5.41 Å². The highest BCUT2D eigenvalue weighted by Crippen LogP contribution is 2.40. The summed E-state index contributed by atoms with van der Waals surface area (Å²) < 4.78 is 20.4. The van der Waals surface area contributed by atoms with E-state index in [9.17, 15) is 14.3 Å². The first kappa shape index (κ1) is 25.3. The van der Waals surface area contributed by atoms with Gasteiger partial charge < -0.3 is 25.8 Å². The van der Waals surface area contributed by atoms with Gasteiger partial charge >= 0.3 is 6.03 Å². The molecule has 0 atom stereocenters. The first-order valence-electron chi connectivity index (χ1n) is 11.8. The monoisotopic (exact) mass is 494 g/mol. The van der Waals surface area contributed by atoms with Crippen molar-refractivity contribution in [1.82, 2.24) is 20.3 Å². The van der Waals surface area contributed by atoms with Crippen LogP contribution in [0.4, 0.5) is 20.7 Å². The number of hydrogen-bond donors (Lipinski definition) is 4. The van der Waals surface area contributed by atoms with Crippen molar-refractivity contribution in [3.05, 3.63) is 47.9 Å². The maximum absolute atomic E-state index is 14.8. The number of amides is 2. The molecule has 190 valence electrons. The summed E-state index contributed by atoms with van der Waals surface area (Å²) in [6.07, 6.45) is 3.40.